The molecule has 0 spiro atoms. The van der Waals surface area contributed by atoms with Crippen LogP contribution in [0.5, 0.6) is 0 Å². The second kappa shape index (κ2) is 7.51. The third-order valence-corrected chi connectivity index (χ3v) is 4.67. The van der Waals surface area contributed by atoms with Crippen LogP contribution in [0.25, 0.3) is 0 Å². The lowest BCUT2D eigenvalue weighted by atomic mass is 10.1. The molecule has 2 amide bonds. The van der Waals surface area contributed by atoms with E-state index in [1.54, 1.807) is 28.9 Å². The van der Waals surface area contributed by atoms with Crippen molar-refractivity contribution in [2.75, 3.05) is 13.1 Å². The summed E-state index contributed by atoms with van der Waals surface area (Å²) in [4.78, 5) is 29.1. The van der Waals surface area contributed by atoms with Crippen molar-refractivity contribution >= 4 is 11.8 Å². The van der Waals surface area contributed by atoms with Crippen LogP contribution in [0.4, 0.5) is 0 Å². The number of hydrogen-bond acceptors (Lipinski definition) is 3. The molecule has 0 aliphatic carbocycles. The Kier molecular flexibility index (Phi) is 5.16. The molecular weight excluding hydrogens is 316 g/mol. The normalized spacial score (nSPS) is 18.3. The van der Waals surface area contributed by atoms with Gasteiger partial charge in [0.25, 0.3) is 5.91 Å². The standard InChI is InChI=1S/C19H24N4O2/c1-3-16-14-22(19(25)17-9-11-21(2)20-17)12-10-18(24)23(16)13-15-7-5-4-6-8-15/h4-9,11,16H,3,10,12-14H2,1-2H3/t16-/m0/s1. The molecule has 0 N–H and O–H groups in total. The van der Waals surface area contributed by atoms with Gasteiger partial charge >= 0.3 is 0 Å². The molecule has 6 heteroatoms. The third-order valence-electron chi connectivity index (χ3n) is 4.67. The van der Waals surface area contributed by atoms with Crippen molar-refractivity contribution in [1.29, 1.82) is 0 Å². The molecule has 1 atom stereocenters. The molecule has 1 saturated heterocycles. The fraction of sp³-hybridized carbons (Fsp3) is 0.421. The van der Waals surface area contributed by atoms with Gasteiger partial charge in [-0.05, 0) is 18.1 Å². The topological polar surface area (TPSA) is 58.4 Å². The smallest absolute Gasteiger partial charge is 0.274 e. The van der Waals surface area contributed by atoms with Crippen molar-refractivity contribution in [1.82, 2.24) is 19.6 Å². The molecule has 1 fully saturated rings. The average Bonchev–Trinajstić information content (AvgIpc) is 3.00. The summed E-state index contributed by atoms with van der Waals surface area (Å²) in [6.07, 6.45) is 2.92. The largest absolute Gasteiger partial charge is 0.335 e. The second-order valence-corrected chi connectivity index (χ2v) is 6.45. The van der Waals surface area contributed by atoms with E-state index in [1.165, 1.54) is 0 Å². The van der Waals surface area contributed by atoms with Crippen LogP contribution in [0, 0.1) is 0 Å². The Bertz CT molecular complexity index is 741. The molecule has 25 heavy (non-hydrogen) atoms. The first-order valence-corrected chi connectivity index (χ1v) is 8.70. The van der Waals surface area contributed by atoms with E-state index >= 15 is 0 Å². The van der Waals surface area contributed by atoms with Gasteiger partial charge in [-0.1, -0.05) is 37.3 Å². The Morgan fingerprint density at radius 1 is 1.24 bits per heavy atom. The summed E-state index contributed by atoms with van der Waals surface area (Å²) in [6, 6.07) is 11.7. The highest BCUT2D eigenvalue weighted by atomic mass is 16.2. The third kappa shape index (κ3) is 3.90. The van der Waals surface area contributed by atoms with Crippen molar-refractivity contribution in [3.05, 3.63) is 53.9 Å². The van der Waals surface area contributed by atoms with Crippen molar-refractivity contribution in [2.24, 2.45) is 7.05 Å². The Morgan fingerprint density at radius 2 is 2.00 bits per heavy atom. The highest BCUT2D eigenvalue weighted by molar-refractivity contribution is 5.92. The zero-order valence-electron chi connectivity index (χ0n) is 14.8. The summed E-state index contributed by atoms with van der Waals surface area (Å²) < 4.78 is 1.62. The van der Waals surface area contributed by atoms with Crippen molar-refractivity contribution < 1.29 is 9.59 Å². The maximum atomic E-state index is 12.7. The molecule has 1 aromatic carbocycles. The van der Waals surface area contributed by atoms with Crippen molar-refractivity contribution in [2.45, 2.75) is 32.4 Å². The summed E-state index contributed by atoms with van der Waals surface area (Å²) in [7, 11) is 1.79. The predicted octanol–water partition coefficient (Wildman–Crippen LogP) is 2.07. The molecule has 0 bridgehead atoms. The van der Waals surface area contributed by atoms with Gasteiger partial charge in [0.15, 0.2) is 0 Å². The SMILES string of the molecule is CC[C@H]1CN(C(=O)c2ccn(C)n2)CCC(=O)N1Cc1ccccc1. The predicted molar refractivity (Wildman–Crippen MR) is 94.8 cm³/mol. The van der Waals surface area contributed by atoms with Gasteiger partial charge in [-0.3, -0.25) is 14.3 Å². The summed E-state index contributed by atoms with van der Waals surface area (Å²) in [5.74, 6) is 0.000403. The van der Waals surface area contributed by atoms with Gasteiger partial charge in [-0.15, -0.1) is 0 Å². The lowest BCUT2D eigenvalue weighted by molar-refractivity contribution is -0.133. The highest BCUT2D eigenvalue weighted by Crippen LogP contribution is 2.19. The fourth-order valence-electron chi connectivity index (χ4n) is 3.24. The van der Waals surface area contributed by atoms with Crippen LogP contribution < -0.4 is 0 Å². The van der Waals surface area contributed by atoms with Gasteiger partial charge in [-0.25, -0.2) is 0 Å². The minimum absolute atomic E-state index is 0.0165. The Hall–Kier alpha value is -2.63. The molecular formula is C19H24N4O2. The second-order valence-electron chi connectivity index (χ2n) is 6.45. The Labute approximate surface area is 148 Å². The quantitative estimate of drug-likeness (QED) is 0.856. The van der Waals surface area contributed by atoms with E-state index < -0.39 is 0 Å². The van der Waals surface area contributed by atoms with E-state index in [-0.39, 0.29) is 17.9 Å². The summed E-state index contributed by atoms with van der Waals surface area (Å²) >= 11 is 0. The number of carbonyl (C=O) groups excluding carboxylic acids is 2. The molecule has 2 heterocycles. The molecule has 3 rings (SSSR count). The fourth-order valence-corrected chi connectivity index (χ4v) is 3.24. The molecule has 1 aliphatic heterocycles. The molecule has 0 radical (unpaired) electrons. The first-order valence-electron chi connectivity index (χ1n) is 8.70. The van der Waals surface area contributed by atoms with Crippen molar-refractivity contribution in [3.63, 3.8) is 0 Å². The maximum absolute atomic E-state index is 12.7. The number of aryl methyl sites for hydroxylation is 1. The molecule has 1 aliphatic rings. The van der Waals surface area contributed by atoms with Gasteiger partial charge in [-0.2, -0.15) is 5.10 Å². The van der Waals surface area contributed by atoms with Gasteiger partial charge in [0, 0.05) is 45.3 Å². The number of nitrogens with zero attached hydrogens (tertiary/aromatic N) is 4. The van der Waals surface area contributed by atoms with E-state index in [9.17, 15) is 9.59 Å². The molecule has 132 valence electrons. The van der Waals surface area contributed by atoms with Crippen LogP contribution in [0.3, 0.4) is 0 Å². The van der Waals surface area contributed by atoms with Gasteiger partial charge in [0.2, 0.25) is 5.91 Å². The van der Waals surface area contributed by atoms with Gasteiger partial charge in [0.05, 0.1) is 0 Å². The first-order chi connectivity index (χ1) is 12.1. The molecule has 1 aromatic heterocycles. The summed E-state index contributed by atoms with van der Waals surface area (Å²) in [6.45, 7) is 3.63. The summed E-state index contributed by atoms with van der Waals surface area (Å²) in [5, 5.41) is 4.20. The van der Waals surface area contributed by atoms with E-state index in [2.05, 4.69) is 12.0 Å². The van der Waals surface area contributed by atoms with E-state index in [0.717, 1.165) is 12.0 Å². The lowest BCUT2D eigenvalue weighted by Gasteiger charge is -2.31. The molecule has 6 nitrogen and oxygen atoms in total. The van der Waals surface area contributed by atoms with Crippen LogP contribution in [-0.4, -0.2) is 50.5 Å². The van der Waals surface area contributed by atoms with Crippen LogP contribution in [0.2, 0.25) is 0 Å². The Balaban J connectivity index is 1.77. The highest BCUT2D eigenvalue weighted by Gasteiger charge is 2.31. The lowest BCUT2D eigenvalue weighted by Crippen LogP contribution is -2.43. The molecule has 0 unspecified atom stereocenters. The van der Waals surface area contributed by atoms with Crippen molar-refractivity contribution in [3.8, 4) is 0 Å². The molecule has 2 aromatic rings. The minimum atomic E-state index is -0.103. The number of aromatic nitrogens is 2. The van der Waals surface area contributed by atoms with Crippen LogP contribution in [0.15, 0.2) is 42.6 Å². The number of amides is 2. The number of hydrogen-bond donors (Lipinski definition) is 0. The zero-order chi connectivity index (χ0) is 17.8. The Morgan fingerprint density at radius 3 is 2.64 bits per heavy atom. The summed E-state index contributed by atoms with van der Waals surface area (Å²) in [5.41, 5.74) is 1.54. The van der Waals surface area contributed by atoms with E-state index in [1.807, 2.05) is 35.2 Å². The monoisotopic (exact) mass is 340 g/mol. The van der Waals surface area contributed by atoms with Crippen LogP contribution in [-0.2, 0) is 18.4 Å². The molecule has 0 saturated carbocycles. The number of carbonyl (C=O) groups is 2. The maximum Gasteiger partial charge on any atom is 0.274 e. The van der Waals surface area contributed by atoms with E-state index in [4.69, 9.17) is 0 Å². The first kappa shape index (κ1) is 17.2. The van der Waals surface area contributed by atoms with Gasteiger partial charge in [0.1, 0.15) is 5.69 Å². The average molecular weight is 340 g/mol. The number of rotatable bonds is 4. The minimum Gasteiger partial charge on any atom is -0.335 e. The van der Waals surface area contributed by atoms with Crippen LogP contribution in [0.1, 0.15) is 35.8 Å². The zero-order valence-corrected chi connectivity index (χ0v) is 14.8. The van der Waals surface area contributed by atoms with Gasteiger partial charge < -0.3 is 9.80 Å². The number of benzene rings is 1. The van der Waals surface area contributed by atoms with E-state index in [0.29, 0.717) is 31.7 Å². The van der Waals surface area contributed by atoms with Crippen LogP contribution >= 0.6 is 0 Å².